The number of carboxylic acid groups (broad SMARTS) is 1. The van der Waals surface area contributed by atoms with Crippen LogP contribution in [0.25, 0.3) is 10.9 Å². The van der Waals surface area contributed by atoms with Crippen LogP contribution in [0, 0.1) is 5.82 Å². The number of aromatic nitrogens is 1. The number of hydrogen-bond acceptors (Lipinski definition) is 3. The minimum atomic E-state index is -1.03. The lowest BCUT2D eigenvalue weighted by Crippen LogP contribution is -2.25. The van der Waals surface area contributed by atoms with Gasteiger partial charge in [-0.05, 0) is 31.5 Å². The lowest BCUT2D eigenvalue weighted by molar-refractivity contribution is 0.0684. The van der Waals surface area contributed by atoms with Crippen LogP contribution in [0.5, 0.6) is 5.75 Å². The number of hydrogen-bond donors (Lipinski definition) is 2. The molecule has 1 aromatic heterocycles. The molecule has 0 saturated heterocycles. The SMILES string of the molecule is CC[C@H](C)NCc1c(C(=O)O)n(Cc2ccccc2F)c2cc(OC)ccc12. The van der Waals surface area contributed by atoms with Crippen LogP contribution >= 0.6 is 0 Å². The maximum Gasteiger partial charge on any atom is 0.352 e. The normalized spacial score (nSPS) is 12.3. The first-order chi connectivity index (χ1) is 13.5. The second-order valence-corrected chi connectivity index (χ2v) is 6.88. The number of carbonyl (C=O) groups is 1. The molecule has 3 aromatic rings. The fraction of sp³-hybridized carbons (Fsp3) is 0.318. The Hall–Kier alpha value is -2.86. The van der Waals surface area contributed by atoms with Gasteiger partial charge in [0.2, 0.25) is 0 Å². The molecule has 2 aromatic carbocycles. The maximum absolute atomic E-state index is 14.3. The van der Waals surface area contributed by atoms with E-state index in [-0.39, 0.29) is 24.1 Å². The van der Waals surface area contributed by atoms with E-state index in [4.69, 9.17) is 4.74 Å². The van der Waals surface area contributed by atoms with Gasteiger partial charge in [0.1, 0.15) is 17.3 Å². The third-order valence-corrected chi connectivity index (χ3v) is 5.11. The molecule has 5 nitrogen and oxygen atoms in total. The van der Waals surface area contributed by atoms with Crippen molar-refractivity contribution in [3.63, 3.8) is 0 Å². The molecule has 0 bridgehead atoms. The van der Waals surface area contributed by atoms with E-state index in [1.807, 2.05) is 12.1 Å². The summed E-state index contributed by atoms with van der Waals surface area (Å²) in [4.78, 5) is 12.2. The van der Waals surface area contributed by atoms with Gasteiger partial charge in [-0.2, -0.15) is 0 Å². The Labute approximate surface area is 163 Å². The fourth-order valence-corrected chi connectivity index (χ4v) is 3.33. The van der Waals surface area contributed by atoms with Crippen molar-refractivity contribution in [3.05, 3.63) is 65.1 Å². The average Bonchev–Trinajstić information content (AvgIpc) is 3.00. The van der Waals surface area contributed by atoms with Gasteiger partial charge in [-0.3, -0.25) is 0 Å². The number of fused-ring (bicyclic) bond motifs is 1. The van der Waals surface area contributed by atoms with Crippen molar-refractivity contribution in [2.75, 3.05) is 7.11 Å². The average molecular weight is 384 g/mol. The van der Waals surface area contributed by atoms with Crippen molar-refractivity contribution in [2.24, 2.45) is 0 Å². The lowest BCUT2D eigenvalue weighted by atomic mass is 10.1. The van der Waals surface area contributed by atoms with Crippen molar-refractivity contribution in [2.45, 2.75) is 39.4 Å². The number of nitrogens with one attached hydrogen (secondary N) is 1. The van der Waals surface area contributed by atoms with Gasteiger partial charge in [0, 0.05) is 35.2 Å². The summed E-state index contributed by atoms with van der Waals surface area (Å²) in [6.45, 7) is 4.68. The predicted molar refractivity (Wildman–Crippen MR) is 108 cm³/mol. The van der Waals surface area contributed by atoms with Crippen molar-refractivity contribution in [1.82, 2.24) is 9.88 Å². The molecule has 1 atom stereocenters. The monoisotopic (exact) mass is 384 g/mol. The zero-order valence-corrected chi connectivity index (χ0v) is 16.3. The molecule has 2 N–H and O–H groups in total. The molecular formula is C22H25FN2O3. The maximum atomic E-state index is 14.3. The third kappa shape index (κ3) is 3.87. The summed E-state index contributed by atoms with van der Waals surface area (Å²) in [7, 11) is 1.56. The number of carboxylic acids is 1. The van der Waals surface area contributed by atoms with E-state index >= 15 is 0 Å². The van der Waals surface area contributed by atoms with E-state index in [0.29, 0.717) is 28.9 Å². The fourth-order valence-electron chi connectivity index (χ4n) is 3.33. The lowest BCUT2D eigenvalue weighted by Gasteiger charge is -2.13. The van der Waals surface area contributed by atoms with Gasteiger partial charge in [0.15, 0.2) is 0 Å². The molecule has 0 radical (unpaired) electrons. The van der Waals surface area contributed by atoms with Crippen molar-refractivity contribution >= 4 is 16.9 Å². The van der Waals surface area contributed by atoms with Gasteiger partial charge in [-0.1, -0.05) is 25.1 Å². The van der Waals surface area contributed by atoms with Crippen LogP contribution in [0.3, 0.4) is 0 Å². The van der Waals surface area contributed by atoms with Crippen LogP contribution in [-0.2, 0) is 13.1 Å². The summed E-state index contributed by atoms with van der Waals surface area (Å²) in [5, 5.41) is 14.2. The number of methoxy groups -OCH3 is 1. The Bertz CT molecular complexity index is 997. The molecule has 0 aliphatic rings. The summed E-state index contributed by atoms with van der Waals surface area (Å²) in [6, 6.07) is 12.2. The molecule has 0 amide bonds. The minimum Gasteiger partial charge on any atom is -0.497 e. The molecule has 3 rings (SSSR count). The molecule has 0 spiro atoms. The van der Waals surface area contributed by atoms with Crippen molar-refractivity contribution in [1.29, 1.82) is 0 Å². The second kappa shape index (κ2) is 8.44. The smallest absolute Gasteiger partial charge is 0.352 e. The first-order valence-electron chi connectivity index (χ1n) is 9.35. The highest BCUT2D eigenvalue weighted by Crippen LogP contribution is 2.31. The van der Waals surface area contributed by atoms with Crippen LogP contribution in [-0.4, -0.2) is 28.8 Å². The topological polar surface area (TPSA) is 63.5 Å². The highest BCUT2D eigenvalue weighted by atomic mass is 19.1. The number of ether oxygens (including phenoxy) is 1. The molecule has 0 saturated carbocycles. The predicted octanol–water partition coefficient (Wildman–Crippen LogP) is 4.42. The van der Waals surface area contributed by atoms with E-state index in [9.17, 15) is 14.3 Å². The van der Waals surface area contributed by atoms with E-state index < -0.39 is 5.97 Å². The standard InChI is InChI=1S/C22H25FN2O3/c1-4-14(2)24-12-18-17-10-9-16(28-3)11-20(17)25(21(18)22(26)27)13-15-7-5-6-8-19(15)23/h5-11,14,24H,4,12-13H2,1-3H3,(H,26,27)/t14-/m0/s1. The number of halogens is 1. The zero-order valence-electron chi connectivity index (χ0n) is 16.3. The van der Waals surface area contributed by atoms with Crippen LogP contribution < -0.4 is 10.1 Å². The van der Waals surface area contributed by atoms with Crippen LogP contribution in [0.1, 0.15) is 41.9 Å². The number of benzene rings is 2. The summed E-state index contributed by atoms with van der Waals surface area (Å²) in [5.41, 5.74) is 2.01. The number of rotatable bonds is 8. The molecule has 1 heterocycles. The van der Waals surface area contributed by atoms with Gasteiger partial charge in [0.05, 0.1) is 19.2 Å². The molecule has 0 aliphatic carbocycles. The molecule has 0 aliphatic heterocycles. The highest BCUT2D eigenvalue weighted by molar-refractivity contribution is 5.98. The van der Waals surface area contributed by atoms with Gasteiger partial charge in [-0.15, -0.1) is 0 Å². The largest absolute Gasteiger partial charge is 0.497 e. The molecule has 0 unspecified atom stereocenters. The summed E-state index contributed by atoms with van der Waals surface area (Å²) in [6.07, 6.45) is 0.935. The van der Waals surface area contributed by atoms with Gasteiger partial charge in [-0.25, -0.2) is 9.18 Å². The van der Waals surface area contributed by atoms with Gasteiger partial charge < -0.3 is 19.7 Å². The Morgan fingerprint density at radius 3 is 2.68 bits per heavy atom. The first-order valence-corrected chi connectivity index (χ1v) is 9.35. The van der Waals surface area contributed by atoms with Crippen molar-refractivity contribution < 1.29 is 19.0 Å². The molecule has 28 heavy (non-hydrogen) atoms. The van der Waals surface area contributed by atoms with E-state index in [0.717, 1.165) is 11.8 Å². The van der Waals surface area contributed by atoms with Crippen LogP contribution in [0.4, 0.5) is 4.39 Å². The van der Waals surface area contributed by atoms with Gasteiger partial charge >= 0.3 is 5.97 Å². The number of aromatic carboxylic acids is 1. The Morgan fingerprint density at radius 2 is 2.04 bits per heavy atom. The van der Waals surface area contributed by atoms with Crippen molar-refractivity contribution in [3.8, 4) is 5.75 Å². The van der Waals surface area contributed by atoms with E-state index in [1.54, 1.807) is 35.9 Å². The van der Waals surface area contributed by atoms with Crippen LogP contribution in [0.15, 0.2) is 42.5 Å². The molecular weight excluding hydrogens is 359 g/mol. The third-order valence-electron chi connectivity index (χ3n) is 5.11. The van der Waals surface area contributed by atoms with Gasteiger partial charge in [0.25, 0.3) is 0 Å². The second-order valence-electron chi connectivity index (χ2n) is 6.88. The molecule has 0 fully saturated rings. The molecule has 148 valence electrons. The quantitative estimate of drug-likeness (QED) is 0.603. The zero-order chi connectivity index (χ0) is 20.3. The van der Waals surface area contributed by atoms with E-state index in [2.05, 4.69) is 19.2 Å². The number of nitrogens with zero attached hydrogens (tertiary/aromatic N) is 1. The summed E-state index contributed by atoms with van der Waals surface area (Å²) >= 11 is 0. The molecule has 6 heteroatoms. The van der Waals surface area contributed by atoms with Crippen LogP contribution in [0.2, 0.25) is 0 Å². The highest BCUT2D eigenvalue weighted by Gasteiger charge is 2.23. The Balaban J connectivity index is 2.20. The Morgan fingerprint density at radius 1 is 1.29 bits per heavy atom. The minimum absolute atomic E-state index is 0.126. The summed E-state index contributed by atoms with van der Waals surface area (Å²) < 4.78 is 21.2. The Kier molecular flexibility index (Phi) is 5.99. The first kappa shape index (κ1) is 19.9. The summed E-state index contributed by atoms with van der Waals surface area (Å²) in [5.74, 6) is -0.770. The van der Waals surface area contributed by atoms with E-state index in [1.165, 1.54) is 6.07 Å².